The van der Waals surface area contributed by atoms with Crippen LogP contribution in [0, 0.1) is 0 Å². The van der Waals surface area contributed by atoms with E-state index in [0.717, 1.165) is 28.5 Å². The van der Waals surface area contributed by atoms with Gasteiger partial charge in [-0.3, -0.25) is 33.6 Å². The molecule has 2 aromatic carbocycles. The largest absolute Gasteiger partial charge is 0.391 e. The number of β-amino-alcohol motifs (C(OH)–C–C–N with tert-alkyl or cyclic N) is 1. The number of likely N-dealkylation sites (N-methyl/N-ethyl adjacent to an activating group) is 1. The van der Waals surface area contributed by atoms with Crippen LogP contribution in [0.2, 0.25) is 0 Å². The summed E-state index contributed by atoms with van der Waals surface area (Å²) in [5.41, 5.74) is -0.311. The summed E-state index contributed by atoms with van der Waals surface area (Å²) in [6, 6.07) is 11.4. The molecule has 9 atom stereocenters. The lowest BCUT2D eigenvalue weighted by atomic mass is 9.95. The van der Waals surface area contributed by atoms with Gasteiger partial charge >= 0.3 is 0 Å². The second-order valence-electron chi connectivity index (χ2n) is 15.6. The minimum Gasteiger partial charge on any atom is -0.391 e. The molecule has 5 rings (SSSR count). The molecule has 1 unspecified atom stereocenters. The second kappa shape index (κ2) is 22.2. The Kier molecular flexibility index (Phi) is 16.9. The molecule has 0 saturated carbocycles. The first kappa shape index (κ1) is 48.5. The molecule has 64 heavy (non-hydrogen) atoms. The van der Waals surface area contributed by atoms with Gasteiger partial charge < -0.3 is 72.1 Å². The highest BCUT2D eigenvalue weighted by molar-refractivity contribution is 5.94. The van der Waals surface area contributed by atoms with Gasteiger partial charge in [0.05, 0.1) is 44.2 Å². The van der Waals surface area contributed by atoms with Gasteiger partial charge in [-0.05, 0) is 23.6 Å². The van der Waals surface area contributed by atoms with Crippen molar-refractivity contribution >= 4 is 58.3 Å². The molecule has 344 valence electrons. The van der Waals surface area contributed by atoms with Crippen LogP contribution in [-0.4, -0.2) is 165 Å². The Hall–Kier alpha value is -6.49. The van der Waals surface area contributed by atoms with Gasteiger partial charge in [0.1, 0.15) is 18.2 Å². The van der Waals surface area contributed by atoms with E-state index in [4.69, 9.17) is 4.74 Å². The minimum absolute atomic E-state index is 0.0539. The number of para-hydroxylation sites is 1. The maximum absolute atomic E-state index is 13.7. The van der Waals surface area contributed by atoms with Gasteiger partial charge in [-0.15, -0.1) is 0 Å². The second-order valence-corrected chi connectivity index (χ2v) is 15.6. The Labute approximate surface area is 367 Å². The van der Waals surface area contributed by atoms with Crippen molar-refractivity contribution in [3.63, 3.8) is 0 Å². The average molecular weight is 891 g/mol. The summed E-state index contributed by atoms with van der Waals surface area (Å²) in [6.07, 6.45) is -3.25. The highest BCUT2D eigenvalue weighted by Crippen LogP contribution is 2.26. The van der Waals surface area contributed by atoms with E-state index in [9.17, 15) is 59.1 Å². The number of aliphatic hydroxyl groups excluding tert-OH is 4. The molecular weight excluding hydrogens is 837 g/mol. The van der Waals surface area contributed by atoms with E-state index in [0.29, 0.717) is 5.56 Å². The van der Waals surface area contributed by atoms with E-state index in [2.05, 4.69) is 36.9 Å². The molecule has 2 aliphatic rings. The number of carbonyl (C=O) groups excluding carboxylic acids is 7. The third-order valence-corrected chi connectivity index (χ3v) is 10.7. The molecule has 12 N–H and O–H groups in total. The van der Waals surface area contributed by atoms with Crippen LogP contribution >= 0.6 is 0 Å². The van der Waals surface area contributed by atoms with Crippen molar-refractivity contribution in [1.82, 2.24) is 41.8 Å². The number of aliphatic hydroxyl groups is 5. The van der Waals surface area contributed by atoms with Gasteiger partial charge in [-0.25, -0.2) is 0 Å². The third-order valence-electron chi connectivity index (χ3n) is 10.7. The number of aromatic nitrogens is 1. The molecule has 2 fully saturated rings. The first-order valence-corrected chi connectivity index (χ1v) is 20.4. The number of hydrogen-bond donors (Lipinski definition) is 12. The number of nitrogens with zero attached hydrogens (tertiary/aromatic N) is 1. The first-order valence-electron chi connectivity index (χ1n) is 20.4. The van der Waals surface area contributed by atoms with Gasteiger partial charge in [0.25, 0.3) is 11.8 Å². The highest BCUT2D eigenvalue weighted by Gasteiger charge is 2.55. The summed E-state index contributed by atoms with van der Waals surface area (Å²) in [5.74, 6) is -6.74. The molecule has 1 aromatic heterocycles. The molecule has 0 radical (unpaired) electrons. The van der Waals surface area contributed by atoms with E-state index in [1.54, 1.807) is 42.6 Å². The zero-order valence-corrected chi connectivity index (χ0v) is 35.1. The number of ether oxygens (including phenoxy) is 1. The van der Waals surface area contributed by atoms with Crippen LogP contribution in [0.15, 0.2) is 79.0 Å². The standard InChI is InChI=1S/C43H54N8O13/c1-51-23-33(56)47-29(17-25-20-44-28-15-10-9-14-27(25)28)40(60)46-22-32(55)45-21-26(52)18-31(54)48-35(36(58)30(53)16-8-4-7-13-24-11-5-3-6-12-24)37(59)41(61)49-39-38(64-2)42(62)50-43(39,63)19-34(51)57/h3-15,20,26,29-30,35-39,44,52-53,58-59,63H,16-19,21-23H2,1-2H3,(H,45,55)(H,46,60)(H,47,56)(H,48,54)(H,49,61)(H,50,62)/b8-4+,13-7+/t26-,29+,30-,35?,36+,37-,38+,39-,43-/m0/s1. The number of nitrogens with one attached hydrogen (secondary N) is 7. The molecule has 2 saturated heterocycles. The third kappa shape index (κ3) is 12.8. The summed E-state index contributed by atoms with van der Waals surface area (Å²) >= 11 is 0. The van der Waals surface area contributed by atoms with Crippen molar-refractivity contribution in [1.29, 1.82) is 0 Å². The Morgan fingerprint density at radius 2 is 1.58 bits per heavy atom. The number of carbonyl (C=O) groups is 7. The van der Waals surface area contributed by atoms with Crippen LogP contribution in [0.3, 0.4) is 0 Å². The van der Waals surface area contributed by atoms with E-state index >= 15 is 0 Å². The molecule has 21 heteroatoms. The SMILES string of the molecule is CO[C@H]1C(=O)N[C@]2(O)CC(=O)N(C)CC(=O)N[C@H](Cc3c[nH]c4ccccc34)C(=O)NCC(=O)NC[C@@H](O)CC(=O)NC([C@H](O)[C@@H](O)C/C=C/C=C/c3ccccc3)[C@H](O)C(=O)N[C@@H]12. The molecule has 7 amide bonds. The Morgan fingerprint density at radius 3 is 2.31 bits per heavy atom. The molecule has 3 aromatic rings. The number of rotatable bonds is 9. The lowest BCUT2D eigenvalue weighted by molar-refractivity contribution is -0.146. The summed E-state index contributed by atoms with van der Waals surface area (Å²) in [4.78, 5) is 97.2. The Balaban J connectivity index is 1.39. The lowest BCUT2D eigenvalue weighted by Crippen LogP contribution is -2.64. The Bertz CT molecular complexity index is 2220. The van der Waals surface area contributed by atoms with Crippen molar-refractivity contribution in [2.75, 3.05) is 33.8 Å². The normalized spacial score (nSPS) is 27.3. The molecule has 21 nitrogen and oxygen atoms in total. The summed E-state index contributed by atoms with van der Waals surface area (Å²) in [5, 5.41) is 70.8. The van der Waals surface area contributed by atoms with Gasteiger partial charge in [0.2, 0.25) is 29.5 Å². The van der Waals surface area contributed by atoms with Crippen molar-refractivity contribution in [3.8, 4) is 0 Å². The minimum atomic E-state index is -2.60. The average Bonchev–Trinajstić information content (AvgIpc) is 3.78. The van der Waals surface area contributed by atoms with Gasteiger partial charge in [-0.1, -0.05) is 72.8 Å². The molecular formula is C43H54N8O13. The fraction of sp³-hybridized carbons (Fsp3) is 0.419. The Morgan fingerprint density at radius 1 is 0.859 bits per heavy atom. The number of benzene rings is 2. The monoisotopic (exact) mass is 890 g/mol. The molecule has 0 aliphatic carbocycles. The van der Waals surface area contributed by atoms with Crippen molar-refractivity contribution in [2.45, 2.75) is 80.1 Å². The molecule has 0 spiro atoms. The fourth-order valence-electron chi connectivity index (χ4n) is 7.27. The van der Waals surface area contributed by atoms with E-state index < -0.39 is 128 Å². The van der Waals surface area contributed by atoms with E-state index in [1.165, 1.54) is 13.1 Å². The zero-order chi connectivity index (χ0) is 46.6. The van der Waals surface area contributed by atoms with Crippen molar-refractivity contribution in [3.05, 3.63) is 90.1 Å². The number of methoxy groups -OCH3 is 1. The summed E-state index contributed by atoms with van der Waals surface area (Å²) < 4.78 is 5.22. The predicted molar refractivity (Wildman–Crippen MR) is 228 cm³/mol. The van der Waals surface area contributed by atoms with Gasteiger partial charge in [0.15, 0.2) is 17.9 Å². The maximum atomic E-state index is 13.7. The summed E-state index contributed by atoms with van der Waals surface area (Å²) in [6.45, 7) is -1.80. The molecule has 2 aliphatic heterocycles. The van der Waals surface area contributed by atoms with Crippen LogP contribution < -0.4 is 31.9 Å². The summed E-state index contributed by atoms with van der Waals surface area (Å²) in [7, 11) is 2.28. The number of hydrogen-bond acceptors (Lipinski definition) is 13. The van der Waals surface area contributed by atoms with E-state index in [1.807, 2.05) is 36.4 Å². The van der Waals surface area contributed by atoms with Crippen LogP contribution in [0.5, 0.6) is 0 Å². The number of allylic oxidation sites excluding steroid dienone is 2. The first-order chi connectivity index (χ1) is 30.5. The van der Waals surface area contributed by atoms with Crippen molar-refractivity contribution < 1.29 is 63.8 Å². The maximum Gasteiger partial charge on any atom is 0.253 e. The lowest BCUT2D eigenvalue weighted by Gasteiger charge is -2.34. The fourth-order valence-corrected chi connectivity index (χ4v) is 7.27. The smallest absolute Gasteiger partial charge is 0.253 e. The van der Waals surface area contributed by atoms with Crippen LogP contribution in [0.1, 0.15) is 30.4 Å². The number of amides is 7. The molecule has 0 bridgehead atoms. The zero-order valence-electron chi connectivity index (χ0n) is 35.1. The topological polar surface area (TPSA) is 321 Å². The van der Waals surface area contributed by atoms with Crippen molar-refractivity contribution in [2.24, 2.45) is 0 Å². The van der Waals surface area contributed by atoms with E-state index in [-0.39, 0.29) is 12.8 Å². The highest BCUT2D eigenvalue weighted by atomic mass is 16.5. The quantitative estimate of drug-likeness (QED) is 0.0934. The number of H-pyrrole nitrogens is 1. The van der Waals surface area contributed by atoms with Crippen LogP contribution in [-0.2, 0) is 44.7 Å². The molecule has 3 heterocycles. The van der Waals surface area contributed by atoms with Crippen LogP contribution in [0.25, 0.3) is 17.0 Å². The predicted octanol–water partition coefficient (Wildman–Crippen LogP) is -3.41. The number of aromatic amines is 1. The number of fused-ring (bicyclic) bond motifs is 2. The van der Waals surface area contributed by atoms with Crippen LogP contribution in [0.4, 0.5) is 0 Å². The van der Waals surface area contributed by atoms with Gasteiger partial charge in [-0.2, -0.15) is 0 Å². The van der Waals surface area contributed by atoms with Gasteiger partial charge in [0, 0.05) is 44.2 Å².